The highest BCUT2D eigenvalue weighted by molar-refractivity contribution is 6.30. The Morgan fingerprint density at radius 3 is 2.39 bits per heavy atom. The Morgan fingerprint density at radius 1 is 0.917 bits per heavy atom. The van der Waals surface area contributed by atoms with Crippen molar-refractivity contribution in [2.24, 2.45) is 0 Å². The van der Waals surface area contributed by atoms with E-state index in [0.29, 0.717) is 33.7 Å². The molecule has 0 aliphatic heterocycles. The van der Waals surface area contributed by atoms with Gasteiger partial charge in [0.25, 0.3) is 0 Å². The predicted molar refractivity (Wildman–Crippen MR) is 141 cm³/mol. The Kier molecular flexibility index (Phi) is 7.50. The number of fused-ring (bicyclic) bond motifs is 1. The molecule has 0 saturated carbocycles. The number of hydrogen-bond donors (Lipinski definition) is 1. The molecular formula is C28H27ClN2O5. The number of methoxy groups -OCH3 is 2. The molecule has 1 N–H and O–H groups in total. The number of benzene rings is 3. The van der Waals surface area contributed by atoms with E-state index in [0.717, 1.165) is 27.6 Å². The van der Waals surface area contributed by atoms with Gasteiger partial charge in [-0.1, -0.05) is 23.7 Å². The predicted octanol–water partition coefficient (Wildman–Crippen LogP) is 7.62. The Morgan fingerprint density at radius 2 is 1.67 bits per heavy atom. The quantitative estimate of drug-likeness (QED) is 0.277. The SMILES string of the molecule is COc1cc2nccc(Oc3cc(C)c(NC(=O)OC(C)c4cccc(Cl)c4)cc3C)c2cc1OC. The number of pyridine rings is 1. The summed E-state index contributed by atoms with van der Waals surface area (Å²) in [6, 6.07) is 16.4. The Balaban J connectivity index is 1.53. The summed E-state index contributed by atoms with van der Waals surface area (Å²) in [6.07, 6.45) is 0.668. The molecule has 0 bridgehead atoms. The zero-order valence-corrected chi connectivity index (χ0v) is 21.5. The third-order valence-electron chi connectivity index (χ3n) is 5.79. The summed E-state index contributed by atoms with van der Waals surface area (Å²) in [6.45, 7) is 5.59. The highest BCUT2D eigenvalue weighted by Gasteiger charge is 2.16. The molecule has 0 aliphatic rings. The molecule has 4 rings (SSSR count). The van der Waals surface area contributed by atoms with Crippen molar-refractivity contribution in [3.8, 4) is 23.0 Å². The Bertz CT molecular complexity index is 1420. The minimum Gasteiger partial charge on any atom is -0.493 e. The average molecular weight is 507 g/mol. The molecule has 4 aromatic rings. The molecule has 36 heavy (non-hydrogen) atoms. The summed E-state index contributed by atoms with van der Waals surface area (Å²) in [4.78, 5) is 17.0. The second-order valence-electron chi connectivity index (χ2n) is 8.30. The molecule has 1 unspecified atom stereocenters. The number of carbonyl (C=O) groups is 1. The van der Waals surface area contributed by atoms with Gasteiger partial charge in [0.2, 0.25) is 0 Å². The van der Waals surface area contributed by atoms with Gasteiger partial charge in [-0.2, -0.15) is 0 Å². The van der Waals surface area contributed by atoms with Crippen molar-refractivity contribution < 1.29 is 23.7 Å². The summed E-state index contributed by atoms with van der Waals surface area (Å²) < 4.78 is 22.6. The van der Waals surface area contributed by atoms with Gasteiger partial charge < -0.3 is 18.9 Å². The van der Waals surface area contributed by atoms with E-state index in [1.807, 2.05) is 50.2 Å². The lowest BCUT2D eigenvalue weighted by Gasteiger charge is -2.17. The molecule has 1 atom stereocenters. The first-order chi connectivity index (χ1) is 17.3. The fraction of sp³-hybridized carbons (Fsp3) is 0.214. The van der Waals surface area contributed by atoms with Crippen LogP contribution in [0.5, 0.6) is 23.0 Å². The van der Waals surface area contributed by atoms with Gasteiger partial charge in [0, 0.05) is 28.4 Å². The number of carbonyl (C=O) groups excluding carboxylic acids is 1. The van der Waals surface area contributed by atoms with Gasteiger partial charge in [0.15, 0.2) is 11.5 Å². The van der Waals surface area contributed by atoms with E-state index < -0.39 is 12.2 Å². The van der Waals surface area contributed by atoms with E-state index >= 15 is 0 Å². The van der Waals surface area contributed by atoms with E-state index in [2.05, 4.69) is 10.3 Å². The van der Waals surface area contributed by atoms with E-state index in [1.165, 1.54) is 0 Å². The number of halogens is 1. The van der Waals surface area contributed by atoms with Crippen molar-refractivity contribution >= 4 is 34.3 Å². The summed E-state index contributed by atoms with van der Waals surface area (Å²) in [7, 11) is 3.17. The van der Waals surface area contributed by atoms with Crippen LogP contribution in [0.4, 0.5) is 10.5 Å². The van der Waals surface area contributed by atoms with Crippen LogP contribution in [0.2, 0.25) is 5.02 Å². The van der Waals surface area contributed by atoms with Crippen molar-refractivity contribution in [1.29, 1.82) is 0 Å². The van der Waals surface area contributed by atoms with E-state index in [4.69, 9.17) is 30.5 Å². The van der Waals surface area contributed by atoms with Gasteiger partial charge in [0.05, 0.1) is 19.7 Å². The monoisotopic (exact) mass is 506 g/mol. The molecule has 3 aromatic carbocycles. The lowest BCUT2D eigenvalue weighted by molar-refractivity contribution is 0.121. The number of aryl methyl sites for hydroxylation is 2. The van der Waals surface area contributed by atoms with Gasteiger partial charge in [-0.05, 0) is 73.9 Å². The van der Waals surface area contributed by atoms with Crippen molar-refractivity contribution in [3.63, 3.8) is 0 Å². The van der Waals surface area contributed by atoms with Crippen LogP contribution in [0.15, 0.2) is 60.8 Å². The maximum absolute atomic E-state index is 12.6. The number of aromatic nitrogens is 1. The zero-order chi connectivity index (χ0) is 25.8. The average Bonchev–Trinajstić information content (AvgIpc) is 2.86. The zero-order valence-electron chi connectivity index (χ0n) is 20.7. The standard InChI is InChI=1S/C28H27ClN2O5/c1-16-12-25(36-24-9-10-30-23-15-27(34-5)26(33-4)14-21(23)24)17(2)11-22(16)31-28(32)35-18(3)19-7-6-8-20(29)13-19/h6-15,18H,1-5H3,(H,31,32). The topological polar surface area (TPSA) is 78.9 Å². The van der Waals surface area contributed by atoms with Gasteiger partial charge in [0.1, 0.15) is 17.6 Å². The number of amides is 1. The first kappa shape index (κ1) is 25.1. The molecule has 8 heteroatoms. The third-order valence-corrected chi connectivity index (χ3v) is 6.02. The molecular weight excluding hydrogens is 480 g/mol. The van der Waals surface area contributed by atoms with Crippen LogP contribution < -0.4 is 19.5 Å². The fourth-order valence-electron chi connectivity index (χ4n) is 3.82. The molecule has 0 radical (unpaired) electrons. The van der Waals surface area contributed by atoms with Gasteiger partial charge in [-0.15, -0.1) is 0 Å². The highest BCUT2D eigenvalue weighted by Crippen LogP contribution is 2.38. The molecule has 0 fully saturated rings. The number of nitrogens with one attached hydrogen (secondary N) is 1. The molecule has 0 spiro atoms. The van der Waals surface area contributed by atoms with E-state index in [9.17, 15) is 4.79 Å². The number of ether oxygens (including phenoxy) is 4. The highest BCUT2D eigenvalue weighted by atomic mass is 35.5. The minimum atomic E-state index is -0.556. The van der Waals surface area contributed by atoms with Crippen LogP contribution in [0, 0.1) is 13.8 Å². The molecule has 0 aliphatic carbocycles. The third kappa shape index (κ3) is 5.47. The van der Waals surface area contributed by atoms with Crippen LogP contribution in [0.3, 0.4) is 0 Å². The van der Waals surface area contributed by atoms with Crippen LogP contribution in [-0.2, 0) is 4.74 Å². The second-order valence-corrected chi connectivity index (χ2v) is 8.73. The number of nitrogens with zero attached hydrogens (tertiary/aromatic N) is 1. The number of hydrogen-bond acceptors (Lipinski definition) is 6. The lowest BCUT2D eigenvalue weighted by atomic mass is 10.1. The fourth-order valence-corrected chi connectivity index (χ4v) is 4.02. The van der Waals surface area contributed by atoms with Crippen LogP contribution in [-0.4, -0.2) is 25.3 Å². The second kappa shape index (κ2) is 10.7. The molecule has 1 heterocycles. The van der Waals surface area contributed by atoms with Gasteiger partial charge >= 0.3 is 6.09 Å². The Hall–Kier alpha value is -3.97. The number of rotatable bonds is 7. The summed E-state index contributed by atoms with van der Waals surface area (Å²) in [5.41, 5.74) is 3.82. The molecule has 1 aromatic heterocycles. The molecule has 186 valence electrons. The van der Waals surface area contributed by atoms with Crippen molar-refractivity contribution in [1.82, 2.24) is 4.98 Å². The smallest absolute Gasteiger partial charge is 0.412 e. The largest absolute Gasteiger partial charge is 0.493 e. The first-order valence-electron chi connectivity index (χ1n) is 11.3. The minimum absolute atomic E-state index is 0.455. The van der Waals surface area contributed by atoms with E-state index in [1.54, 1.807) is 45.5 Å². The number of anilines is 1. The Labute approximate surface area is 214 Å². The van der Waals surface area contributed by atoms with Crippen molar-refractivity contribution in [2.45, 2.75) is 26.9 Å². The van der Waals surface area contributed by atoms with Crippen LogP contribution >= 0.6 is 11.6 Å². The van der Waals surface area contributed by atoms with E-state index in [-0.39, 0.29) is 0 Å². The van der Waals surface area contributed by atoms with Gasteiger partial charge in [-0.3, -0.25) is 10.3 Å². The van der Waals surface area contributed by atoms with Crippen molar-refractivity contribution in [3.05, 3.63) is 82.5 Å². The lowest BCUT2D eigenvalue weighted by Crippen LogP contribution is -2.16. The summed E-state index contributed by atoms with van der Waals surface area (Å²) >= 11 is 6.04. The van der Waals surface area contributed by atoms with Crippen LogP contribution in [0.1, 0.15) is 29.7 Å². The maximum Gasteiger partial charge on any atom is 0.412 e. The normalized spacial score (nSPS) is 11.6. The summed E-state index contributed by atoms with van der Waals surface area (Å²) in [5, 5.41) is 4.20. The van der Waals surface area contributed by atoms with Gasteiger partial charge in [-0.25, -0.2) is 4.79 Å². The summed E-state index contributed by atoms with van der Waals surface area (Å²) in [5.74, 6) is 2.45. The first-order valence-corrected chi connectivity index (χ1v) is 11.7. The maximum atomic E-state index is 12.6. The molecule has 7 nitrogen and oxygen atoms in total. The van der Waals surface area contributed by atoms with Crippen molar-refractivity contribution in [2.75, 3.05) is 19.5 Å². The van der Waals surface area contributed by atoms with Crippen LogP contribution in [0.25, 0.3) is 10.9 Å². The molecule has 0 saturated heterocycles. The molecule has 1 amide bonds.